The number of anilines is 1. The molecule has 0 spiro atoms. The molecule has 1 unspecified atom stereocenters. The van der Waals surface area contributed by atoms with Gasteiger partial charge in [-0.25, -0.2) is 4.39 Å². The topological polar surface area (TPSA) is 29.5 Å². The molecule has 1 aliphatic rings. The molecule has 5 heteroatoms. The van der Waals surface area contributed by atoms with Crippen LogP contribution in [0.25, 0.3) is 0 Å². The number of carbonyl (C=O) groups is 1. The lowest BCUT2D eigenvalue weighted by Gasteiger charge is -2.33. The number of hydrogen-bond donors (Lipinski definition) is 0. The van der Waals surface area contributed by atoms with Crippen LogP contribution >= 0.6 is 11.6 Å². The van der Waals surface area contributed by atoms with Crippen molar-refractivity contribution in [2.75, 3.05) is 4.90 Å². The van der Waals surface area contributed by atoms with Crippen LogP contribution in [0.1, 0.15) is 12.5 Å². The molecule has 1 atom stereocenters. The second-order valence-corrected chi connectivity index (χ2v) is 5.32. The van der Waals surface area contributed by atoms with Crippen molar-refractivity contribution < 1.29 is 13.9 Å². The molecule has 0 aromatic heterocycles. The van der Waals surface area contributed by atoms with E-state index in [1.165, 1.54) is 11.0 Å². The Kier molecular flexibility index (Phi) is 3.55. The lowest BCUT2D eigenvalue weighted by atomic mass is 10.1. The highest BCUT2D eigenvalue weighted by molar-refractivity contribution is 6.31. The van der Waals surface area contributed by atoms with E-state index in [0.717, 1.165) is 0 Å². The van der Waals surface area contributed by atoms with Crippen molar-refractivity contribution in [2.24, 2.45) is 0 Å². The summed E-state index contributed by atoms with van der Waals surface area (Å²) in [6, 6.07) is 11.5. The van der Waals surface area contributed by atoms with Gasteiger partial charge in [0.1, 0.15) is 11.6 Å². The summed E-state index contributed by atoms with van der Waals surface area (Å²) in [7, 11) is 0. The molecule has 21 heavy (non-hydrogen) atoms. The summed E-state index contributed by atoms with van der Waals surface area (Å²) in [4.78, 5) is 13.9. The van der Waals surface area contributed by atoms with E-state index in [9.17, 15) is 9.18 Å². The number of amides is 1. The third-order valence-corrected chi connectivity index (χ3v) is 3.65. The van der Waals surface area contributed by atoms with Crippen molar-refractivity contribution in [1.29, 1.82) is 0 Å². The van der Waals surface area contributed by atoms with E-state index in [0.29, 0.717) is 22.0 Å². The van der Waals surface area contributed by atoms with Gasteiger partial charge in [0.2, 0.25) is 0 Å². The van der Waals surface area contributed by atoms with E-state index in [-0.39, 0.29) is 18.3 Å². The van der Waals surface area contributed by atoms with Gasteiger partial charge in [-0.1, -0.05) is 29.8 Å². The lowest BCUT2D eigenvalue weighted by Crippen LogP contribution is -2.44. The van der Waals surface area contributed by atoms with E-state index in [2.05, 4.69) is 0 Å². The van der Waals surface area contributed by atoms with Crippen LogP contribution in [-0.4, -0.2) is 12.0 Å². The second-order valence-electron chi connectivity index (χ2n) is 4.89. The van der Waals surface area contributed by atoms with Crippen molar-refractivity contribution in [2.45, 2.75) is 19.6 Å². The largest absolute Gasteiger partial charge is 0.479 e. The van der Waals surface area contributed by atoms with Crippen molar-refractivity contribution in [3.8, 4) is 5.75 Å². The number of carbonyl (C=O) groups excluding carboxylic acids is 1. The molecule has 1 amide bonds. The molecule has 2 aromatic carbocycles. The molecule has 0 N–H and O–H groups in total. The Bertz CT molecular complexity index is 704. The Labute approximate surface area is 126 Å². The Morgan fingerprint density at radius 2 is 2.05 bits per heavy atom. The molecule has 2 aromatic rings. The quantitative estimate of drug-likeness (QED) is 0.845. The summed E-state index contributed by atoms with van der Waals surface area (Å²) >= 11 is 5.99. The SMILES string of the molecule is CC1Oc2ccc(Cl)cc2N(Cc2ccccc2F)C1=O. The van der Waals surface area contributed by atoms with E-state index >= 15 is 0 Å². The van der Waals surface area contributed by atoms with Gasteiger partial charge in [0.15, 0.2) is 6.10 Å². The van der Waals surface area contributed by atoms with E-state index in [4.69, 9.17) is 16.3 Å². The van der Waals surface area contributed by atoms with Crippen molar-refractivity contribution in [3.05, 3.63) is 58.9 Å². The molecule has 3 nitrogen and oxygen atoms in total. The monoisotopic (exact) mass is 305 g/mol. The molecule has 0 saturated heterocycles. The Hall–Kier alpha value is -2.07. The minimum absolute atomic E-state index is 0.145. The highest BCUT2D eigenvalue weighted by Gasteiger charge is 2.32. The zero-order chi connectivity index (χ0) is 15.0. The maximum Gasteiger partial charge on any atom is 0.268 e. The van der Waals surface area contributed by atoms with Crippen LogP contribution in [0.3, 0.4) is 0 Å². The Morgan fingerprint density at radius 1 is 1.29 bits per heavy atom. The number of halogens is 2. The van der Waals surface area contributed by atoms with Crippen LogP contribution in [0.4, 0.5) is 10.1 Å². The van der Waals surface area contributed by atoms with Crippen LogP contribution in [0.15, 0.2) is 42.5 Å². The van der Waals surface area contributed by atoms with Gasteiger partial charge >= 0.3 is 0 Å². The molecule has 0 saturated carbocycles. The maximum absolute atomic E-state index is 13.8. The number of fused-ring (bicyclic) bond motifs is 1. The molecule has 1 aliphatic heterocycles. The summed E-state index contributed by atoms with van der Waals surface area (Å²) in [5, 5.41) is 0.498. The van der Waals surface area contributed by atoms with Crippen LogP contribution < -0.4 is 9.64 Å². The standard InChI is InChI=1S/C16H13ClFNO2/c1-10-16(20)19(9-11-4-2-3-5-13(11)18)14-8-12(17)6-7-15(14)21-10/h2-8,10H,9H2,1H3. The van der Waals surface area contributed by atoms with Gasteiger partial charge in [0.25, 0.3) is 5.91 Å². The summed E-state index contributed by atoms with van der Waals surface area (Å²) < 4.78 is 19.4. The minimum atomic E-state index is -0.606. The lowest BCUT2D eigenvalue weighted by molar-refractivity contribution is -0.125. The van der Waals surface area contributed by atoms with Crippen LogP contribution in [0.5, 0.6) is 5.75 Å². The Morgan fingerprint density at radius 3 is 2.81 bits per heavy atom. The predicted molar refractivity (Wildman–Crippen MR) is 79.1 cm³/mol. The number of ether oxygens (including phenoxy) is 1. The number of rotatable bonds is 2. The first-order valence-electron chi connectivity index (χ1n) is 6.57. The first-order valence-corrected chi connectivity index (χ1v) is 6.95. The average Bonchev–Trinajstić information content (AvgIpc) is 2.46. The predicted octanol–water partition coefficient (Wildman–Crippen LogP) is 3.79. The first-order chi connectivity index (χ1) is 10.1. The fourth-order valence-corrected chi connectivity index (χ4v) is 2.51. The van der Waals surface area contributed by atoms with Crippen LogP contribution in [0.2, 0.25) is 5.02 Å². The smallest absolute Gasteiger partial charge is 0.268 e. The third-order valence-electron chi connectivity index (χ3n) is 3.42. The zero-order valence-electron chi connectivity index (χ0n) is 11.3. The summed E-state index contributed by atoms with van der Waals surface area (Å²) in [6.45, 7) is 1.82. The molecule has 108 valence electrons. The molecular weight excluding hydrogens is 293 g/mol. The highest BCUT2D eigenvalue weighted by atomic mass is 35.5. The van der Waals surface area contributed by atoms with E-state index in [1.54, 1.807) is 43.3 Å². The van der Waals surface area contributed by atoms with Gasteiger partial charge in [0.05, 0.1) is 12.2 Å². The van der Waals surface area contributed by atoms with Gasteiger partial charge in [0, 0.05) is 10.6 Å². The van der Waals surface area contributed by atoms with Gasteiger partial charge in [-0.05, 0) is 31.2 Å². The van der Waals surface area contributed by atoms with Gasteiger partial charge in [-0.3, -0.25) is 4.79 Å². The number of nitrogens with zero attached hydrogens (tertiary/aromatic N) is 1. The normalized spacial score (nSPS) is 17.4. The van der Waals surface area contributed by atoms with E-state index < -0.39 is 6.10 Å². The van der Waals surface area contributed by atoms with Crippen molar-refractivity contribution in [1.82, 2.24) is 0 Å². The zero-order valence-corrected chi connectivity index (χ0v) is 12.1. The molecule has 1 heterocycles. The third kappa shape index (κ3) is 2.59. The Balaban J connectivity index is 2.03. The second kappa shape index (κ2) is 5.37. The minimum Gasteiger partial charge on any atom is -0.479 e. The molecule has 3 rings (SSSR count). The fraction of sp³-hybridized carbons (Fsp3) is 0.188. The molecular formula is C16H13ClFNO2. The average molecular weight is 306 g/mol. The molecule has 0 aliphatic carbocycles. The van der Waals surface area contributed by atoms with Gasteiger partial charge in [-0.15, -0.1) is 0 Å². The molecule has 0 radical (unpaired) electrons. The van der Waals surface area contributed by atoms with Crippen molar-refractivity contribution in [3.63, 3.8) is 0 Å². The summed E-state index contributed by atoms with van der Waals surface area (Å²) in [5.41, 5.74) is 1.01. The van der Waals surface area contributed by atoms with Crippen molar-refractivity contribution >= 4 is 23.2 Å². The highest BCUT2D eigenvalue weighted by Crippen LogP contribution is 2.37. The fourth-order valence-electron chi connectivity index (χ4n) is 2.34. The van der Waals surface area contributed by atoms with Gasteiger partial charge < -0.3 is 9.64 Å². The van der Waals surface area contributed by atoms with E-state index in [1.807, 2.05) is 0 Å². The number of benzene rings is 2. The molecule has 0 bridgehead atoms. The number of hydrogen-bond acceptors (Lipinski definition) is 2. The maximum atomic E-state index is 13.8. The summed E-state index contributed by atoms with van der Waals surface area (Å²) in [5.74, 6) is 0.0175. The van der Waals surface area contributed by atoms with Gasteiger partial charge in [-0.2, -0.15) is 0 Å². The first kappa shape index (κ1) is 13.9. The molecule has 0 fully saturated rings. The summed E-state index contributed by atoms with van der Waals surface area (Å²) in [6.07, 6.45) is -0.606. The van der Waals surface area contributed by atoms with Crippen LogP contribution in [0, 0.1) is 5.82 Å². The van der Waals surface area contributed by atoms with Crippen LogP contribution in [-0.2, 0) is 11.3 Å².